The van der Waals surface area contributed by atoms with Gasteiger partial charge in [-0.15, -0.1) is 0 Å². The largest absolute Gasteiger partial charge is 0.492 e. The molecule has 2 rings (SSSR count). The van der Waals surface area contributed by atoms with Gasteiger partial charge in [-0.1, -0.05) is 51.7 Å². The minimum absolute atomic E-state index is 0.797. The van der Waals surface area contributed by atoms with Gasteiger partial charge in [-0.3, -0.25) is 0 Å². The van der Waals surface area contributed by atoms with Crippen molar-refractivity contribution in [2.75, 3.05) is 13.2 Å². The summed E-state index contributed by atoms with van der Waals surface area (Å²) < 4.78 is 14.1. The molecule has 0 amide bonds. The molecule has 0 aliphatic heterocycles. The SMILES string of the molecule is CCCCCOc1ccc(-c2ccc(OCCCCC)c(I)c2)cc1I. The first-order chi connectivity index (χ1) is 12.7. The molecule has 26 heavy (non-hydrogen) atoms. The van der Waals surface area contributed by atoms with Crippen molar-refractivity contribution in [3.05, 3.63) is 43.5 Å². The number of ether oxygens (including phenoxy) is 2. The van der Waals surface area contributed by atoms with Gasteiger partial charge in [-0.25, -0.2) is 0 Å². The highest BCUT2D eigenvalue weighted by atomic mass is 127. The van der Waals surface area contributed by atoms with E-state index in [0.29, 0.717) is 0 Å². The Kier molecular flexibility index (Phi) is 10.1. The number of hydrogen-bond donors (Lipinski definition) is 0. The molecule has 0 bridgehead atoms. The maximum absolute atomic E-state index is 5.91. The fourth-order valence-corrected chi connectivity index (χ4v) is 4.01. The lowest BCUT2D eigenvalue weighted by molar-refractivity contribution is 0.304. The predicted molar refractivity (Wildman–Crippen MR) is 127 cm³/mol. The van der Waals surface area contributed by atoms with Crippen LogP contribution in [-0.2, 0) is 0 Å². The third kappa shape index (κ3) is 6.91. The van der Waals surface area contributed by atoms with E-state index in [9.17, 15) is 0 Å². The van der Waals surface area contributed by atoms with Crippen LogP contribution in [0.5, 0.6) is 11.5 Å². The molecule has 0 radical (unpaired) electrons. The summed E-state index contributed by atoms with van der Waals surface area (Å²) in [5.74, 6) is 1.96. The van der Waals surface area contributed by atoms with Crippen LogP contribution >= 0.6 is 45.2 Å². The van der Waals surface area contributed by atoms with Crippen molar-refractivity contribution < 1.29 is 9.47 Å². The second kappa shape index (κ2) is 12.1. The molecule has 0 aliphatic carbocycles. The van der Waals surface area contributed by atoms with Gasteiger partial charge in [0.25, 0.3) is 0 Å². The molecule has 0 unspecified atom stereocenters. The summed E-state index contributed by atoms with van der Waals surface area (Å²) in [5, 5.41) is 0. The van der Waals surface area contributed by atoms with E-state index in [-0.39, 0.29) is 0 Å². The van der Waals surface area contributed by atoms with E-state index in [1.807, 2.05) is 0 Å². The van der Waals surface area contributed by atoms with Gasteiger partial charge in [0.15, 0.2) is 0 Å². The van der Waals surface area contributed by atoms with E-state index in [1.165, 1.54) is 36.8 Å². The average Bonchev–Trinajstić information content (AvgIpc) is 2.64. The van der Waals surface area contributed by atoms with Gasteiger partial charge < -0.3 is 9.47 Å². The minimum atomic E-state index is 0.797. The summed E-state index contributed by atoms with van der Waals surface area (Å²) in [6.45, 7) is 6.01. The normalized spacial score (nSPS) is 10.8. The zero-order chi connectivity index (χ0) is 18.8. The molecule has 0 N–H and O–H groups in total. The highest BCUT2D eigenvalue weighted by molar-refractivity contribution is 14.1. The van der Waals surface area contributed by atoms with E-state index in [4.69, 9.17) is 9.47 Å². The van der Waals surface area contributed by atoms with Crippen LogP contribution in [0.1, 0.15) is 52.4 Å². The third-order valence-electron chi connectivity index (χ3n) is 4.21. The summed E-state index contributed by atoms with van der Waals surface area (Å²) in [5.41, 5.74) is 2.43. The van der Waals surface area contributed by atoms with E-state index in [1.54, 1.807) is 0 Å². The monoisotopic (exact) mass is 578 g/mol. The maximum Gasteiger partial charge on any atom is 0.132 e. The van der Waals surface area contributed by atoms with E-state index < -0.39 is 0 Å². The summed E-state index contributed by atoms with van der Waals surface area (Å²) in [4.78, 5) is 0. The summed E-state index contributed by atoms with van der Waals surface area (Å²) in [7, 11) is 0. The summed E-state index contributed by atoms with van der Waals surface area (Å²) in [6, 6.07) is 12.9. The topological polar surface area (TPSA) is 18.5 Å². The highest BCUT2D eigenvalue weighted by Crippen LogP contribution is 2.31. The van der Waals surface area contributed by atoms with Gasteiger partial charge in [-0.05, 0) is 93.4 Å². The zero-order valence-electron chi connectivity index (χ0n) is 15.7. The van der Waals surface area contributed by atoms with Crippen LogP contribution < -0.4 is 9.47 Å². The van der Waals surface area contributed by atoms with Crippen molar-refractivity contribution >= 4 is 45.2 Å². The van der Waals surface area contributed by atoms with E-state index in [2.05, 4.69) is 95.4 Å². The molecule has 0 aliphatic rings. The number of halogens is 2. The molecule has 2 aromatic rings. The Morgan fingerprint density at radius 3 is 1.42 bits per heavy atom. The molecule has 0 saturated heterocycles. The van der Waals surface area contributed by atoms with Crippen molar-refractivity contribution in [1.29, 1.82) is 0 Å². The Morgan fingerprint density at radius 1 is 0.654 bits per heavy atom. The van der Waals surface area contributed by atoms with Crippen LogP contribution in [0.2, 0.25) is 0 Å². The fourth-order valence-electron chi connectivity index (χ4n) is 2.66. The second-order valence-electron chi connectivity index (χ2n) is 6.40. The van der Waals surface area contributed by atoms with E-state index >= 15 is 0 Å². The molecule has 0 spiro atoms. The molecule has 0 saturated carbocycles. The second-order valence-corrected chi connectivity index (χ2v) is 8.73. The summed E-state index contributed by atoms with van der Waals surface area (Å²) in [6.07, 6.45) is 7.12. The van der Waals surface area contributed by atoms with Gasteiger partial charge >= 0.3 is 0 Å². The van der Waals surface area contributed by atoms with Gasteiger partial charge in [0.05, 0.1) is 20.4 Å². The number of rotatable bonds is 11. The molecule has 4 heteroatoms. The standard InChI is InChI=1S/C22H28I2O2/c1-3-5-7-13-25-21-11-9-17(15-19(21)23)18-10-12-22(20(24)16-18)26-14-8-6-4-2/h9-12,15-16H,3-8,13-14H2,1-2H3. The van der Waals surface area contributed by atoms with Crippen molar-refractivity contribution in [3.63, 3.8) is 0 Å². The fraction of sp³-hybridized carbons (Fsp3) is 0.455. The van der Waals surface area contributed by atoms with Crippen molar-refractivity contribution in [2.24, 2.45) is 0 Å². The predicted octanol–water partition coefficient (Wildman–Crippen LogP) is 7.70. The molecule has 0 atom stereocenters. The molecule has 0 heterocycles. The molecular formula is C22H28I2O2. The van der Waals surface area contributed by atoms with Crippen LogP contribution in [0.15, 0.2) is 36.4 Å². The Bertz CT molecular complexity index is 626. The molecule has 0 fully saturated rings. The Morgan fingerprint density at radius 2 is 1.08 bits per heavy atom. The average molecular weight is 578 g/mol. The van der Waals surface area contributed by atoms with Crippen molar-refractivity contribution in [1.82, 2.24) is 0 Å². The van der Waals surface area contributed by atoms with Gasteiger partial charge in [0.1, 0.15) is 11.5 Å². The first-order valence-corrected chi connectivity index (χ1v) is 11.7. The van der Waals surface area contributed by atoms with Crippen molar-refractivity contribution in [2.45, 2.75) is 52.4 Å². The van der Waals surface area contributed by atoms with Crippen LogP contribution in [0, 0.1) is 7.14 Å². The minimum Gasteiger partial charge on any atom is -0.492 e. The Labute approximate surface area is 185 Å². The van der Waals surface area contributed by atoms with E-state index in [0.717, 1.165) is 44.7 Å². The smallest absolute Gasteiger partial charge is 0.132 e. The molecule has 2 aromatic carbocycles. The lowest BCUT2D eigenvalue weighted by Crippen LogP contribution is -1.99. The van der Waals surface area contributed by atoms with Gasteiger partial charge in [0.2, 0.25) is 0 Å². The van der Waals surface area contributed by atoms with Gasteiger partial charge in [-0.2, -0.15) is 0 Å². The lowest BCUT2D eigenvalue weighted by atomic mass is 10.1. The summed E-state index contributed by atoms with van der Waals surface area (Å²) >= 11 is 4.73. The van der Waals surface area contributed by atoms with Crippen LogP contribution in [0.4, 0.5) is 0 Å². The van der Waals surface area contributed by atoms with Crippen LogP contribution in [-0.4, -0.2) is 13.2 Å². The first-order valence-electron chi connectivity index (χ1n) is 9.50. The molecule has 142 valence electrons. The highest BCUT2D eigenvalue weighted by Gasteiger charge is 2.08. The van der Waals surface area contributed by atoms with Crippen LogP contribution in [0.3, 0.4) is 0 Å². The zero-order valence-corrected chi connectivity index (χ0v) is 20.0. The molecular weight excluding hydrogens is 550 g/mol. The number of benzene rings is 2. The first kappa shape index (κ1) is 21.8. The maximum atomic E-state index is 5.91. The lowest BCUT2D eigenvalue weighted by Gasteiger charge is -2.12. The Balaban J connectivity index is 2.01. The quantitative estimate of drug-likeness (QED) is 0.201. The molecule has 2 nitrogen and oxygen atoms in total. The molecule has 0 aromatic heterocycles. The third-order valence-corrected chi connectivity index (χ3v) is 5.89. The van der Waals surface area contributed by atoms with Gasteiger partial charge in [0, 0.05) is 0 Å². The number of hydrogen-bond acceptors (Lipinski definition) is 2. The number of unbranched alkanes of at least 4 members (excludes halogenated alkanes) is 4. The Hall–Kier alpha value is -0.500. The van der Waals surface area contributed by atoms with Crippen LogP contribution in [0.25, 0.3) is 11.1 Å². The van der Waals surface area contributed by atoms with Crippen molar-refractivity contribution in [3.8, 4) is 22.6 Å².